The summed E-state index contributed by atoms with van der Waals surface area (Å²) in [6, 6.07) is 8.53. The summed E-state index contributed by atoms with van der Waals surface area (Å²) >= 11 is 0. The van der Waals surface area contributed by atoms with Gasteiger partial charge in [0, 0.05) is 64.1 Å². The first-order valence-electron chi connectivity index (χ1n) is 13.5. The minimum atomic E-state index is -4.98. The van der Waals surface area contributed by atoms with Crippen molar-refractivity contribution in [2.24, 2.45) is 0 Å². The second kappa shape index (κ2) is 12.9. The summed E-state index contributed by atoms with van der Waals surface area (Å²) in [7, 11) is 4.06. The smallest absolute Gasteiger partial charge is 0.416 e. The van der Waals surface area contributed by atoms with E-state index in [2.05, 4.69) is 32.1 Å². The molecule has 0 aliphatic carbocycles. The molecule has 2 aromatic rings. The van der Waals surface area contributed by atoms with Crippen LogP contribution in [0, 0.1) is 0 Å². The lowest BCUT2D eigenvalue weighted by molar-refractivity contribution is -0.143. The predicted octanol–water partition coefficient (Wildman–Crippen LogP) is 5.09. The van der Waals surface area contributed by atoms with Crippen LogP contribution in [0.5, 0.6) is 5.75 Å². The number of nitrogens with zero attached hydrogens (tertiary/aromatic N) is 4. The van der Waals surface area contributed by atoms with Crippen molar-refractivity contribution in [3.63, 3.8) is 0 Å². The largest absolute Gasteiger partial charge is 0.494 e. The Bertz CT molecular complexity index is 1130. The van der Waals surface area contributed by atoms with E-state index in [0.29, 0.717) is 31.8 Å². The van der Waals surface area contributed by atoms with Gasteiger partial charge in [-0.3, -0.25) is 9.80 Å². The summed E-state index contributed by atoms with van der Waals surface area (Å²) in [6.07, 6.45) is -9.00. The maximum absolute atomic E-state index is 13.1. The molecule has 0 spiro atoms. The summed E-state index contributed by atoms with van der Waals surface area (Å²) < 4.78 is 84.4. The third kappa shape index (κ3) is 8.73. The van der Waals surface area contributed by atoms with Gasteiger partial charge in [-0.1, -0.05) is 12.1 Å². The number of benzene rings is 2. The standard InChI is InChI=1S/C28H35F6N5O2/c1-36(2)8-3-13-41-25-6-4-20(5-7-25)17-37-9-11-38(12-10-37)24-18-39(19-24)26(40)35-23-15-21(27(29,30)31)14-22(16-23)28(32,33)34/h4-7,14-16,24H,3,8-13,17-19H2,1-2H3,(H,35,40). The highest BCUT2D eigenvalue weighted by Crippen LogP contribution is 2.37. The number of amides is 2. The lowest BCUT2D eigenvalue weighted by Crippen LogP contribution is -2.64. The van der Waals surface area contributed by atoms with Crippen molar-refractivity contribution in [1.82, 2.24) is 19.6 Å². The lowest BCUT2D eigenvalue weighted by atomic mass is 10.1. The molecular formula is C28H35F6N5O2. The van der Waals surface area contributed by atoms with Crippen LogP contribution in [0.2, 0.25) is 0 Å². The van der Waals surface area contributed by atoms with Crippen LogP contribution in [-0.4, -0.2) is 98.2 Å². The van der Waals surface area contributed by atoms with Gasteiger partial charge in [-0.05, 0) is 56.4 Å². The van der Waals surface area contributed by atoms with Gasteiger partial charge in [0.2, 0.25) is 0 Å². The van der Waals surface area contributed by atoms with Gasteiger partial charge in [0.15, 0.2) is 0 Å². The van der Waals surface area contributed by atoms with Gasteiger partial charge in [0.25, 0.3) is 0 Å². The first-order chi connectivity index (χ1) is 19.3. The topological polar surface area (TPSA) is 51.3 Å². The molecule has 0 aromatic heterocycles. The van der Waals surface area contributed by atoms with E-state index in [4.69, 9.17) is 4.74 Å². The van der Waals surface area contributed by atoms with E-state index in [1.807, 2.05) is 26.2 Å². The Morgan fingerprint density at radius 2 is 1.51 bits per heavy atom. The average Bonchev–Trinajstić information content (AvgIpc) is 2.86. The Hall–Kier alpha value is -3.03. The first kappa shape index (κ1) is 30.9. The summed E-state index contributed by atoms with van der Waals surface area (Å²) in [4.78, 5) is 20.6. The molecule has 0 radical (unpaired) electrons. The number of anilines is 1. The summed E-state index contributed by atoms with van der Waals surface area (Å²) in [5.41, 5.74) is -2.30. The molecule has 7 nitrogen and oxygen atoms in total. The van der Waals surface area contributed by atoms with Gasteiger partial charge >= 0.3 is 18.4 Å². The summed E-state index contributed by atoms with van der Waals surface area (Å²) in [5.74, 6) is 0.852. The van der Waals surface area contributed by atoms with Crippen molar-refractivity contribution in [2.75, 3.05) is 71.8 Å². The molecule has 2 amide bonds. The normalized spacial score (nSPS) is 17.5. The number of carbonyl (C=O) groups excluding carboxylic acids is 1. The SMILES string of the molecule is CN(C)CCCOc1ccc(CN2CCN(C3CN(C(=O)Nc4cc(C(F)(F)F)cc(C(F)(F)F)c4)C3)CC2)cc1. The van der Waals surface area contributed by atoms with Gasteiger partial charge in [-0.2, -0.15) is 26.3 Å². The highest BCUT2D eigenvalue weighted by Gasteiger charge is 2.39. The Labute approximate surface area is 235 Å². The number of carbonyl (C=O) groups is 1. The molecule has 0 atom stereocenters. The number of urea groups is 1. The third-order valence-electron chi connectivity index (χ3n) is 7.26. The number of nitrogens with one attached hydrogen (secondary N) is 1. The molecule has 4 rings (SSSR count). The van der Waals surface area contributed by atoms with Crippen molar-refractivity contribution >= 4 is 11.7 Å². The second-order valence-corrected chi connectivity index (χ2v) is 10.7. The molecule has 1 N–H and O–H groups in total. The van der Waals surface area contributed by atoms with Crippen LogP contribution >= 0.6 is 0 Å². The zero-order valence-corrected chi connectivity index (χ0v) is 23.1. The minimum absolute atomic E-state index is 0.0348. The van der Waals surface area contributed by atoms with Crippen LogP contribution in [0.25, 0.3) is 0 Å². The molecule has 2 aliphatic rings. The maximum Gasteiger partial charge on any atom is 0.416 e. The lowest BCUT2D eigenvalue weighted by Gasteiger charge is -2.48. The van der Waals surface area contributed by atoms with Gasteiger partial charge in [0.1, 0.15) is 5.75 Å². The molecule has 0 bridgehead atoms. The molecule has 0 saturated carbocycles. The molecule has 13 heteroatoms. The molecular weight excluding hydrogens is 552 g/mol. The van der Waals surface area contributed by atoms with Crippen LogP contribution in [0.4, 0.5) is 36.8 Å². The van der Waals surface area contributed by atoms with E-state index in [1.54, 1.807) is 0 Å². The highest BCUT2D eigenvalue weighted by molar-refractivity contribution is 5.90. The molecule has 41 heavy (non-hydrogen) atoms. The van der Waals surface area contributed by atoms with Crippen LogP contribution in [0.1, 0.15) is 23.1 Å². The van der Waals surface area contributed by atoms with Crippen molar-refractivity contribution in [3.05, 3.63) is 59.2 Å². The van der Waals surface area contributed by atoms with Gasteiger partial charge in [-0.25, -0.2) is 4.79 Å². The first-order valence-corrected chi connectivity index (χ1v) is 13.5. The average molecular weight is 588 g/mol. The zero-order valence-electron chi connectivity index (χ0n) is 23.1. The van der Waals surface area contributed by atoms with E-state index in [9.17, 15) is 31.1 Å². The number of rotatable bonds is 9. The van der Waals surface area contributed by atoms with Gasteiger partial charge in [-0.15, -0.1) is 0 Å². The van der Waals surface area contributed by atoms with Crippen molar-refractivity contribution in [3.8, 4) is 5.75 Å². The number of halogens is 6. The van der Waals surface area contributed by atoms with E-state index in [1.165, 1.54) is 10.5 Å². The number of hydrogen-bond donors (Lipinski definition) is 1. The molecule has 2 heterocycles. The Balaban J connectivity index is 1.20. The van der Waals surface area contributed by atoms with Crippen LogP contribution in [-0.2, 0) is 18.9 Å². The molecule has 2 fully saturated rings. The summed E-state index contributed by atoms with van der Waals surface area (Å²) in [5, 5.41) is 2.20. The monoisotopic (exact) mass is 587 g/mol. The summed E-state index contributed by atoms with van der Waals surface area (Å²) in [6.45, 7) is 6.45. The fourth-order valence-corrected chi connectivity index (χ4v) is 4.89. The van der Waals surface area contributed by atoms with Crippen LogP contribution < -0.4 is 10.1 Å². The molecule has 2 aliphatic heterocycles. The Kier molecular flexibility index (Phi) is 9.70. The second-order valence-electron chi connectivity index (χ2n) is 10.7. The predicted molar refractivity (Wildman–Crippen MR) is 143 cm³/mol. The highest BCUT2D eigenvalue weighted by atomic mass is 19.4. The van der Waals surface area contributed by atoms with Crippen molar-refractivity contribution < 1.29 is 35.9 Å². The number of likely N-dealkylation sites (tertiary alicyclic amines) is 1. The van der Waals surface area contributed by atoms with E-state index >= 15 is 0 Å². The minimum Gasteiger partial charge on any atom is -0.494 e. The number of piperazine rings is 1. The number of hydrogen-bond acceptors (Lipinski definition) is 5. The van der Waals surface area contributed by atoms with Gasteiger partial charge in [0.05, 0.1) is 17.7 Å². The zero-order chi connectivity index (χ0) is 29.8. The number of alkyl halides is 6. The Morgan fingerprint density at radius 1 is 0.927 bits per heavy atom. The molecule has 2 saturated heterocycles. The van der Waals surface area contributed by atoms with Crippen LogP contribution in [0.15, 0.2) is 42.5 Å². The quantitative estimate of drug-likeness (QED) is 0.328. The number of ether oxygens (including phenoxy) is 1. The van der Waals surface area contributed by atoms with Crippen molar-refractivity contribution in [1.29, 1.82) is 0 Å². The van der Waals surface area contributed by atoms with Crippen LogP contribution in [0.3, 0.4) is 0 Å². The molecule has 2 aromatic carbocycles. The maximum atomic E-state index is 13.1. The molecule has 226 valence electrons. The van der Waals surface area contributed by atoms with E-state index in [0.717, 1.165) is 51.4 Å². The van der Waals surface area contributed by atoms with Gasteiger partial charge < -0.3 is 19.9 Å². The molecule has 0 unspecified atom stereocenters. The van der Waals surface area contributed by atoms with E-state index < -0.39 is 35.2 Å². The van der Waals surface area contributed by atoms with E-state index in [-0.39, 0.29) is 12.1 Å². The fraction of sp³-hybridized carbons (Fsp3) is 0.536. The Morgan fingerprint density at radius 3 is 2.05 bits per heavy atom. The fourth-order valence-electron chi connectivity index (χ4n) is 4.89. The van der Waals surface area contributed by atoms with Crippen molar-refractivity contribution in [2.45, 2.75) is 31.4 Å². The third-order valence-corrected chi connectivity index (χ3v) is 7.26.